The number of carbonyl (C=O) groups is 1. The summed E-state index contributed by atoms with van der Waals surface area (Å²) in [6.07, 6.45) is 5.51. The number of benzene rings is 1. The van der Waals surface area contributed by atoms with Crippen LogP contribution in [0.3, 0.4) is 0 Å². The van der Waals surface area contributed by atoms with Crippen molar-refractivity contribution < 1.29 is 4.79 Å². The Hall–Kier alpha value is -2.94. The van der Waals surface area contributed by atoms with Crippen LogP contribution in [-0.4, -0.2) is 35.0 Å². The molecule has 116 valence electrons. The van der Waals surface area contributed by atoms with Gasteiger partial charge in [0, 0.05) is 37.1 Å². The zero-order chi connectivity index (χ0) is 16.1. The van der Waals surface area contributed by atoms with Gasteiger partial charge in [-0.15, -0.1) is 0 Å². The molecule has 1 aromatic carbocycles. The maximum atomic E-state index is 12.2. The van der Waals surface area contributed by atoms with Gasteiger partial charge in [-0.05, 0) is 37.1 Å². The van der Waals surface area contributed by atoms with Crippen molar-refractivity contribution in [2.45, 2.75) is 18.9 Å². The van der Waals surface area contributed by atoms with Crippen molar-refractivity contribution >= 4 is 11.9 Å². The fourth-order valence-corrected chi connectivity index (χ4v) is 2.79. The highest BCUT2D eigenvalue weighted by Gasteiger charge is 2.26. The summed E-state index contributed by atoms with van der Waals surface area (Å²) in [4.78, 5) is 22.9. The van der Waals surface area contributed by atoms with Gasteiger partial charge in [-0.2, -0.15) is 5.26 Å². The average Bonchev–Trinajstić information content (AvgIpc) is 3.09. The van der Waals surface area contributed by atoms with E-state index in [2.05, 4.69) is 20.2 Å². The molecule has 1 fully saturated rings. The number of aromatic nitrogens is 2. The van der Waals surface area contributed by atoms with Gasteiger partial charge in [-0.3, -0.25) is 4.79 Å². The van der Waals surface area contributed by atoms with Crippen molar-refractivity contribution in [1.82, 2.24) is 15.3 Å². The van der Waals surface area contributed by atoms with E-state index >= 15 is 0 Å². The smallest absolute Gasteiger partial charge is 0.251 e. The molecule has 2 aromatic rings. The third-order valence-corrected chi connectivity index (χ3v) is 3.94. The zero-order valence-electron chi connectivity index (χ0n) is 12.6. The molecule has 1 aromatic heterocycles. The fourth-order valence-electron chi connectivity index (χ4n) is 2.79. The third kappa shape index (κ3) is 3.46. The van der Waals surface area contributed by atoms with Crippen molar-refractivity contribution in [2.24, 2.45) is 0 Å². The number of carbonyl (C=O) groups excluding carboxylic acids is 1. The van der Waals surface area contributed by atoms with Crippen LogP contribution in [0.25, 0.3) is 0 Å². The molecule has 1 atom stereocenters. The van der Waals surface area contributed by atoms with Crippen LogP contribution in [0.15, 0.2) is 42.7 Å². The highest BCUT2D eigenvalue weighted by molar-refractivity contribution is 5.94. The number of hydrogen-bond acceptors (Lipinski definition) is 5. The summed E-state index contributed by atoms with van der Waals surface area (Å²) in [6.45, 7) is 1.43. The van der Waals surface area contributed by atoms with Gasteiger partial charge < -0.3 is 10.2 Å². The van der Waals surface area contributed by atoms with Crippen LogP contribution in [0.5, 0.6) is 0 Å². The highest BCUT2D eigenvalue weighted by Crippen LogP contribution is 2.21. The molecule has 0 unspecified atom stereocenters. The lowest BCUT2D eigenvalue weighted by molar-refractivity contribution is 0.0951. The molecular weight excluding hydrogens is 290 g/mol. The van der Waals surface area contributed by atoms with Gasteiger partial charge in [0.15, 0.2) is 0 Å². The largest absolute Gasteiger partial charge is 0.350 e. The Morgan fingerprint density at radius 1 is 1.35 bits per heavy atom. The highest BCUT2D eigenvalue weighted by atomic mass is 16.1. The van der Waals surface area contributed by atoms with Crippen LogP contribution in [0.1, 0.15) is 28.8 Å². The average molecular weight is 307 g/mol. The number of hydrogen-bond donors (Lipinski definition) is 1. The maximum Gasteiger partial charge on any atom is 0.251 e. The molecule has 6 nitrogen and oxygen atoms in total. The molecule has 1 aliphatic rings. The summed E-state index contributed by atoms with van der Waals surface area (Å²) in [6, 6.07) is 10.7. The van der Waals surface area contributed by atoms with Crippen molar-refractivity contribution in [3.8, 4) is 6.07 Å². The molecule has 23 heavy (non-hydrogen) atoms. The Morgan fingerprint density at radius 2 is 2.17 bits per heavy atom. The van der Waals surface area contributed by atoms with Crippen molar-refractivity contribution in [3.05, 3.63) is 53.9 Å². The molecule has 1 aliphatic heterocycles. The lowest BCUT2D eigenvalue weighted by Gasteiger charge is -2.24. The van der Waals surface area contributed by atoms with Crippen LogP contribution < -0.4 is 10.2 Å². The lowest BCUT2D eigenvalue weighted by atomic mass is 10.1. The molecule has 0 saturated carbocycles. The van der Waals surface area contributed by atoms with E-state index in [-0.39, 0.29) is 11.9 Å². The quantitative estimate of drug-likeness (QED) is 0.930. The molecule has 3 rings (SSSR count). The summed E-state index contributed by atoms with van der Waals surface area (Å²) in [5.41, 5.74) is 0.988. The Labute approximate surface area is 134 Å². The second-order valence-corrected chi connectivity index (χ2v) is 5.44. The number of rotatable bonds is 4. The van der Waals surface area contributed by atoms with E-state index in [0.717, 1.165) is 19.4 Å². The molecule has 1 amide bonds. The minimum Gasteiger partial charge on any atom is -0.350 e. The molecule has 6 heteroatoms. The Bertz CT molecular complexity index is 725. The van der Waals surface area contributed by atoms with E-state index < -0.39 is 0 Å². The molecule has 1 saturated heterocycles. The summed E-state index contributed by atoms with van der Waals surface area (Å²) < 4.78 is 0. The standard InChI is InChI=1S/C17H17N5O/c18-11-13-4-1-5-14(10-13)16(23)21-12-15-6-2-9-22(15)17-19-7-3-8-20-17/h1,3-5,7-8,10,15H,2,6,9,12H2,(H,21,23)/t15-/m0/s1. The Morgan fingerprint density at radius 3 is 2.96 bits per heavy atom. The van der Waals surface area contributed by atoms with Crippen LogP contribution in [-0.2, 0) is 0 Å². The van der Waals surface area contributed by atoms with E-state index in [1.807, 2.05) is 6.07 Å². The van der Waals surface area contributed by atoms with Gasteiger partial charge in [0.1, 0.15) is 0 Å². The maximum absolute atomic E-state index is 12.2. The van der Waals surface area contributed by atoms with E-state index in [4.69, 9.17) is 5.26 Å². The molecule has 0 spiro atoms. The number of amides is 1. The van der Waals surface area contributed by atoms with Gasteiger partial charge in [-0.25, -0.2) is 9.97 Å². The number of nitriles is 1. The minimum absolute atomic E-state index is 0.164. The van der Waals surface area contributed by atoms with E-state index in [1.165, 1.54) is 0 Å². The van der Waals surface area contributed by atoms with Crippen LogP contribution in [0.2, 0.25) is 0 Å². The third-order valence-electron chi connectivity index (χ3n) is 3.94. The predicted molar refractivity (Wildman–Crippen MR) is 85.9 cm³/mol. The summed E-state index contributed by atoms with van der Waals surface area (Å²) >= 11 is 0. The van der Waals surface area contributed by atoms with Gasteiger partial charge in [-0.1, -0.05) is 6.07 Å². The Balaban J connectivity index is 1.63. The summed E-state index contributed by atoms with van der Waals surface area (Å²) in [7, 11) is 0. The van der Waals surface area contributed by atoms with E-state index in [1.54, 1.807) is 42.7 Å². The van der Waals surface area contributed by atoms with Gasteiger partial charge >= 0.3 is 0 Å². The molecule has 2 heterocycles. The normalized spacial score (nSPS) is 16.8. The first-order chi connectivity index (χ1) is 11.3. The molecule has 1 N–H and O–H groups in total. The van der Waals surface area contributed by atoms with Gasteiger partial charge in [0.25, 0.3) is 5.91 Å². The Kier molecular flexibility index (Phi) is 4.48. The first-order valence-corrected chi connectivity index (χ1v) is 7.60. The zero-order valence-corrected chi connectivity index (χ0v) is 12.6. The fraction of sp³-hybridized carbons (Fsp3) is 0.294. The minimum atomic E-state index is -0.164. The van der Waals surface area contributed by atoms with E-state index in [0.29, 0.717) is 23.6 Å². The molecular formula is C17H17N5O. The molecule has 0 radical (unpaired) electrons. The second kappa shape index (κ2) is 6.88. The topological polar surface area (TPSA) is 81.9 Å². The summed E-state index contributed by atoms with van der Waals surface area (Å²) in [5, 5.41) is 11.9. The first kappa shape index (κ1) is 15.0. The molecule has 0 bridgehead atoms. The van der Waals surface area contributed by atoms with Crippen molar-refractivity contribution in [3.63, 3.8) is 0 Å². The van der Waals surface area contributed by atoms with E-state index in [9.17, 15) is 4.79 Å². The predicted octanol–water partition coefficient (Wildman–Crippen LogP) is 1.75. The number of anilines is 1. The summed E-state index contributed by atoms with van der Waals surface area (Å²) in [5.74, 6) is 0.540. The van der Waals surface area contributed by atoms with Crippen LogP contribution in [0, 0.1) is 11.3 Å². The SMILES string of the molecule is N#Cc1cccc(C(=O)NC[C@@H]2CCCN2c2ncccn2)c1. The molecule has 0 aliphatic carbocycles. The van der Waals surface area contributed by atoms with Crippen molar-refractivity contribution in [1.29, 1.82) is 5.26 Å². The van der Waals surface area contributed by atoms with Crippen LogP contribution >= 0.6 is 0 Å². The number of nitrogens with zero attached hydrogens (tertiary/aromatic N) is 4. The monoisotopic (exact) mass is 307 g/mol. The van der Waals surface area contributed by atoms with Crippen LogP contribution in [0.4, 0.5) is 5.95 Å². The van der Waals surface area contributed by atoms with Crippen molar-refractivity contribution in [2.75, 3.05) is 18.0 Å². The van der Waals surface area contributed by atoms with Gasteiger partial charge in [0.05, 0.1) is 11.6 Å². The van der Waals surface area contributed by atoms with Gasteiger partial charge in [0.2, 0.25) is 5.95 Å². The number of nitrogens with one attached hydrogen (secondary N) is 1. The first-order valence-electron chi connectivity index (χ1n) is 7.60. The second-order valence-electron chi connectivity index (χ2n) is 5.44. The lowest BCUT2D eigenvalue weighted by Crippen LogP contribution is -2.41.